The molecule has 6 nitrogen and oxygen atoms in total. The molecule has 3 rings (SSSR count). The highest BCUT2D eigenvalue weighted by atomic mass is 19.4. The van der Waals surface area contributed by atoms with Crippen molar-refractivity contribution in [2.75, 3.05) is 13.1 Å². The number of carbonyl (C=O) groups is 2. The van der Waals surface area contributed by atoms with Crippen LogP contribution in [0.2, 0.25) is 0 Å². The van der Waals surface area contributed by atoms with Crippen LogP contribution in [0.1, 0.15) is 44.2 Å². The van der Waals surface area contributed by atoms with E-state index >= 15 is 0 Å². The number of hydrogen-bond donors (Lipinski definition) is 3. The van der Waals surface area contributed by atoms with Crippen molar-refractivity contribution < 1.29 is 27.9 Å². The lowest BCUT2D eigenvalue weighted by Gasteiger charge is -2.25. The normalized spacial score (nSPS) is 24.8. The lowest BCUT2D eigenvalue weighted by atomic mass is 9.97. The number of amides is 2. The van der Waals surface area contributed by atoms with Gasteiger partial charge in [-0.05, 0) is 48.6 Å². The zero-order valence-electron chi connectivity index (χ0n) is 17.8. The van der Waals surface area contributed by atoms with Crippen molar-refractivity contribution in [3.05, 3.63) is 35.4 Å². The van der Waals surface area contributed by atoms with Crippen molar-refractivity contribution >= 4 is 12.0 Å². The first-order valence-electron chi connectivity index (χ1n) is 10.7. The molecule has 2 amide bonds. The molecule has 3 N–H and O–H groups in total. The highest BCUT2D eigenvalue weighted by Crippen LogP contribution is 2.39. The van der Waals surface area contributed by atoms with Gasteiger partial charge in [-0.3, -0.25) is 9.69 Å². The first-order chi connectivity index (χ1) is 14.5. The third-order valence-electron chi connectivity index (χ3n) is 6.24. The summed E-state index contributed by atoms with van der Waals surface area (Å²) < 4.78 is 38.9. The number of nitrogens with zero attached hydrogens (tertiary/aromatic N) is 1. The van der Waals surface area contributed by atoms with Gasteiger partial charge in [0.05, 0.1) is 5.56 Å². The molecule has 2 aliphatic rings. The molecular weight excluding hydrogens is 411 g/mol. The molecule has 1 saturated carbocycles. The molecule has 0 spiro atoms. The molecule has 172 valence electrons. The fraction of sp³-hybridized carbons (Fsp3) is 0.636. The maximum Gasteiger partial charge on any atom is 0.416 e. The molecule has 1 saturated heterocycles. The molecule has 4 atom stereocenters. The van der Waals surface area contributed by atoms with E-state index in [9.17, 15) is 22.8 Å². The van der Waals surface area contributed by atoms with Crippen LogP contribution in [-0.4, -0.2) is 47.2 Å². The number of likely N-dealkylation sites (tertiary alicyclic amines) is 1. The third kappa shape index (κ3) is 6.12. The van der Waals surface area contributed by atoms with Crippen LogP contribution in [0.4, 0.5) is 18.0 Å². The van der Waals surface area contributed by atoms with Crippen LogP contribution in [0, 0.1) is 17.8 Å². The maximum absolute atomic E-state index is 13.0. The van der Waals surface area contributed by atoms with E-state index in [0.717, 1.165) is 25.5 Å². The smallest absolute Gasteiger partial charge is 0.416 e. The summed E-state index contributed by atoms with van der Waals surface area (Å²) in [6, 6.07) is 4.57. The summed E-state index contributed by atoms with van der Waals surface area (Å²) in [4.78, 5) is 25.9. The SMILES string of the molecule is CC(C)C[C@H](NC(=O)O)C(=O)N[C@H]1CC[C@@H]2CN(Cc3cccc(C(F)(F)F)c3)C[C@@H]21. The summed E-state index contributed by atoms with van der Waals surface area (Å²) >= 11 is 0. The van der Waals surface area contributed by atoms with E-state index in [2.05, 4.69) is 15.5 Å². The Bertz CT molecular complexity index is 800. The second-order valence-electron chi connectivity index (χ2n) is 9.14. The van der Waals surface area contributed by atoms with Crippen LogP contribution in [0.25, 0.3) is 0 Å². The van der Waals surface area contributed by atoms with Crippen molar-refractivity contribution in [3.8, 4) is 0 Å². The number of carboxylic acid groups (broad SMARTS) is 1. The highest BCUT2D eigenvalue weighted by molar-refractivity contribution is 5.85. The Kier molecular flexibility index (Phi) is 7.13. The topological polar surface area (TPSA) is 81.7 Å². The monoisotopic (exact) mass is 441 g/mol. The highest BCUT2D eigenvalue weighted by Gasteiger charge is 2.43. The largest absolute Gasteiger partial charge is 0.465 e. The first-order valence-corrected chi connectivity index (χ1v) is 10.7. The van der Waals surface area contributed by atoms with Crippen molar-refractivity contribution in [2.24, 2.45) is 17.8 Å². The lowest BCUT2D eigenvalue weighted by molar-refractivity contribution is -0.137. The van der Waals surface area contributed by atoms with E-state index in [-0.39, 0.29) is 23.8 Å². The second kappa shape index (κ2) is 9.46. The Hall–Kier alpha value is -2.29. The van der Waals surface area contributed by atoms with E-state index in [0.29, 0.717) is 31.0 Å². The van der Waals surface area contributed by atoms with Crippen LogP contribution >= 0.6 is 0 Å². The standard InChI is InChI=1S/C22H30F3N3O3/c1-13(2)8-19(27-21(30)31)20(29)26-18-7-6-15-11-28(12-17(15)18)10-14-4-3-5-16(9-14)22(23,24)25/h3-5,9,13,15,17-19,27H,6-8,10-12H2,1-2H3,(H,26,29)(H,30,31)/t15-,17+,18+,19+/m1/s1. The van der Waals surface area contributed by atoms with Gasteiger partial charge < -0.3 is 15.7 Å². The Morgan fingerprint density at radius 2 is 1.97 bits per heavy atom. The Morgan fingerprint density at radius 3 is 2.61 bits per heavy atom. The minimum Gasteiger partial charge on any atom is -0.465 e. The number of alkyl halides is 3. The van der Waals surface area contributed by atoms with Crippen LogP contribution in [0.3, 0.4) is 0 Å². The van der Waals surface area contributed by atoms with E-state index in [1.807, 2.05) is 13.8 Å². The van der Waals surface area contributed by atoms with Gasteiger partial charge in [-0.1, -0.05) is 32.0 Å². The van der Waals surface area contributed by atoms with Crippen molar-refractivity contribution in [1.29, 1.82) is 0 Å². The van der Waals surface area contributed by atoms with Gasteiger partial charge in [0.1, 0.15) is 6.04 Å². The molecule has 9 heteroatoms. The molecule has 1 aliphatic heterocycles. The number of fused-ring (bicyclic) bond motifs is 1. The number of halogens is 3. The molecule has 0 aromatic heterocycles. The molecule has 2 fully saturated rings. The van der Waals surface area contributed by atoms with Gasteiger partial charge in [0, 0.05) is 25.7 Å². The number of benzene rings is 1. The number of hydrogen-bond acceptors (Lipinski definition) is 3. The molecule has 1 aromatic carbocycles. The van der Waals surface area contributed by atoms with Gasteiger partial charge in [-0.25, -0.2) is 4.79 Å². The van der Waals surface area contributed by atoms with Gasteiger partial charge in [0.15, 0.2) is 0 Å². The lowest BCUT2D eigenvalue weighted by Crippen LogP contribution is -2.51. The average Bonchev–Trinajstić information content (AvgIpc) is 3.21. The summed E-state index contributed by atoms with van der Waals surface area (Å²) in [6.07, 6.45) is -3.39. The number of carbonyl (C=O) groups excluding carboxylic acids is 1. The van der Waals surface area contributed by atoms with Crippen LogP contribution in [0.5, 0.6) is 0 Å². The van der Waals surface area contributed by atoms with E-state index in [4.69, 9.17) is 5.11 Å². The second-order valence-corrected chi connectivity index (χ2v) is 9.14. The van der Waals surface area contributed by atoms with Gasteiger partial charge in [-0.2, -0.15) is 13.2 Å². The molecule has 0 unspecified atom stereocenters. The first kappa shape index (κ1) is 23.4. The molecule has 1 heterocycles. The summed E-state index contributed by atoms with van der Waals surface area (Å²) in [5.41, 5.74) is -0.0188. The summed E-state index contributed by atoms with van der Waals surface area (Å²) in [5.74, 6) is 0.456. The molecule has 1 aliphatic carbocycles. The molecular formula is C22H30F3N3O3. The molecule has 0 bridgehead atoms. The van der Waals surface area contributed by atoms with Gasteiger partial charge in [0.25, 0.3) is 0 Å². The van der Waals surface area contributed by atoms with Crippen LogP contribution in [-0.2, 0) is 17.5 Å². The van der Waals surface area contributed by atoms with Crippen LogP contribution in [0.15, 0.2) is 24.3 Å². The summed E-state index contributed by atoms with van der Waals surface area (Å²) in [7, 11) is 0. The zero-order chi connectivity index (χ0) is 22.8. The minimum atomic E-state index is -4.36. The molecule has 31 heavy (non-hydrogen) atoms. The van der Waals surface area contributed by atoms with Gasteiger partial charge in [0.2, 0.25) is 5.91 Å². The van der Waals surface area contributed by atoms with Crippen molar-refractivity contribution in [2.45, 2.75) is 57.9 Å². The molecule has 1 aromatic rings. The van der Waals surface area contributed by atoms with Gasteiger partial charge >= 0.3 is 12.3 Å². The number of nitrogens with one attached hydrogen (secondary N) is 2. The number of rotatable bonds is 7. The Balaban J connectivity index is 1.59. The predicted molar refractivity (Wildman–Crippen MR) is 109 cm³/mol. The molecule has 0 radical (unpaired) electrons. The van der Waals surface area contributed by atoms with E-state index < -0.39 is 23.9 Å². The van der Waals surface area contributed by atoms with Gasteiger partial charge in [-0.15, -0.1) is 0 Å². The Morgan fingerprint density at radius 1 is 1.23 bits per heavy atom. The van der Waals surface area contributed by atoms with Crippen LogP contribution < -0.4 is 10.6 Å². The maximum atomic E-state index is 13.0. The van der Waals surface area contributed by atoms with E-state index in [1.165, 1.54) is 12.1 Å². The fourth-order valence-electron chi connectivity index (χ4n) is 4.91. The fourth-order valence-corrected chi connectivity index (χ4v) is 4.91. The summed E-state index contributed by atoms with van der Waals surface area (Å²) in [5, 5.41) is 14.4. The van der Waals surface area contributed by atoms with Crippen molar-refractivity contribution in [3.63, 3.8) is 0 Å². The van der Waals surface area contributed by atoms with E-state index in [1.54, 1.807) is 6.07 Å². The summed E-state index contributed by atoms with van der Waals surface area (Å²) in [6.45, 7) is 5.79. The predicted octanol–water partition coefficient (Wildman–Crippen LogP) is 3.71. The quantitative estimate of drug-likeness (QED) is 0.603. The van der Waals surface area contributed by atoms with Crippen molar-refractivity contribution in [1.82, 2.24) is 15.5 Å². The Labute approximate surface area is 180 Å². The third-order valence-corrected chi connectivity index (χ3v) is 6.24. The zero-order valence-corrected chi connectivity index (χ0v) is 17.8. The average molecular weight is 441 g/mol. The minimum absolute atomic E-state index is 0.0470.